The average Bonchev–Trinajstić information content (AvgIpc) is 3.10. The van der Waals surface area contributed by atoms with Crippen LogP contribution in [0.2, 0.25) is 0 Å². The first kappa shape index (κ1) is 22.5. The number of fused-ring (bicyclic) bond motifs is 1. The van der Waals surface area contributed by atoms with Gasteiger partial charge in [-0.25, -0.2) is 8.42 Å². The fourth-order valence-corrected chi connectivity index (χ4v) is 3.83. The first-order valence-electron chi connectivity index (χ1n) is 10.0. The minimum Gasteiger partial charge on any atom is -0.300 e. The Hall–Kier alpha value is -2.15. The number of pyridine rings is 1. The molecule has 2 heterocycles. The molecule has 1 aliphatic heterocycles. The normalized spacial score (nSPS) is 17.0. The van der Waals surface area contributed by atoms with Crippen molar-refractivity contribution in [3.63, 3.8) is 0 Å². The van der Waals surface area contributed by atoms with E-state index in [1.165, 1.54) is 35.7 Å². The van der Waals surface area contributed by atoms with Gasteiger partial charge in [0.1, 0.15) is 0 Å². The van der Waals surface area contributed by atoms with E-state index in [2.05, 4.69) is 52.8 Å². The molecule has 5 nitrogen and oxygen atoms in total. The lowest BCUT2D eigenvalue weighted by atomic mass is 10.0. The van der Waals surface area contributed by atoms with E-state index in [1.807, 2.05) is 18.3 Å². The predicted octanol–water partition coefficient (Wildman–Crippen LogP) is 4.20. The minimum atomic E-state index is -3.19. The summed E-state index contributed by atoms with van der Waals surface area (Å²) in [6.45, 7) is 4.72. The van der Waals surface area contributed by atoms with Crippen molar-refractivity contribution in [1.29, 1.82) is 0 Å². The molecule has 160 valence electrons. The number of hydrogen-bond donors (Lipinski definition) is 0. The molecular weight excluding hydrogens is 420 g/mol. The molecule has 4 rings (SSSR count). The van der Waals surface area contributed by atoms with E-state index in [0.29, 0.717) is 0 Å². The van der Waals surface area contributed by atoms with E-state index in [4.69, 9.17) is 0 Å². The summed E-state index contributed by atoms with van der Waals surface area (Å²) in [7, 11) is 1.31. The Morgan fingerprint density at radius 2 is 1.77 bits per heavy atom. The molecular formula is C23H27ClN2O3S. The lowest BCUT2D eigenvalue weighted by Crippen LogP contribution is -2.28. The van der Waals surface area contributed by atoms with E-state index >= 15 is 0 Å². The zero-order valence-electron chi connectivity index (χ0n) is 17.3. The molecule has 1 saturated heterocycles. The van der Waals surface area contributed by atoms with Gasteiger partial charge < -0.3 is 4.90 Å². The van der Waals surface area contributed by atoms with E-state index in [-0.39, 0.29) is 5.56 Å². The second-order valence-corrected chi connectivity index (χ2v) is 10.8. The molecule has 0 aliphatic carbocycles. The van der Waals surface area contributed by atoms with Crippen molar-refractivity contribution in [3.8, 4) is 5.69 Å². The maximum atomic E-state index is 12.0. The molecule has 0 amide bonds. The maximum Gasteiger partial charge on any atom is 0.255 e. The van der Waals surface area contributed by atoms with Crippen molar-refractivity contribution in [2.45, 2.75) is 32.2 Å². The van der Waals surface area contributed by atoms with Gasteiger partial charge in [-0.2, -0.15) is 0 Å². The lowest BCUT2D eigenvalue weighted by Gasteiger charge is -2.20. The number of nitrogens with zero attached hydrogens (tertiary/aromatic N) is 2. The lowest BCUT2D eigenvalue weighted by molar-refractivity contribution is 0.272. The van der Waals surface area contributed by atoms with Crippen LogP contribution in [-0.2, 0) is 15.5 Å². The average molecular weight is 447 g/mol. The van der Waals surface area contributed by atoms with E-state index in [9.17, 15) is 13.2 Å². The number of hydrogen-bond acceptors (Lipinski definition) is 4. The molecule has 3 aromatic rings. The molecule has 1 aliphatic rings. The third-order valence-electron chi connectivity index (χ3n) is 5.37. The Balaban J connectivity index is 0.000000461. The Kier molecular flexibility index (Phi) is 7.34. The number of aromatic nitrogens is 1. The molecule has 0 bridgehead atoms. The summed E-state index contributed by atoms with van der Waals surface area (Å²) in [5, 5.41) is 2.41. The van der Waals surface area contributed by atoms with Crippen LogP contribution in [0.15, 0.2) is 65.6 Å². The van der Waals surface area contributed by atoms with Crippen molar-refractivity contribution in [2.75, 3.05) is 19.3 Å². The van der Waals surface area contributed by atoms with Gasteiger partial charge in [-0.1, -0.05) is 30.3 Å². The Morgan fingerprint density at radius 3 is 2.43 bits per heavy atom. The third-order valence-corrected chi connectivity index (χ3v) is 5.37. The standard InChI is InChI=1S/C22H24N2O.CH3ClO2S/c1-17-5-4-12-23(17)14-11-18-7-8-20-16-21(10-9-19(20)15-18)24-13-3-2-6-22(24)25;1-5(2,3)4/h2-3,6-10,13,15-17H,4-5,11-12,14H2,1H3;1H3/t17-;/m1./s1. The smallest absolute Gasteiger partial charge is 0.255 e. The highest BCUT2D eigenvalue weighted by Crippen LogP contribution is 2.21. The Bertz CT molecular complexity index is 1170. The van der Waals surface area contributed by atoms with Crippen LogP contribution < -0.4 is 5.56 Å². The van der Waals surface area contributed by atoms with Gasteiger partial charge in [-0.3, -0.25) is 9.36 Å². The van der Waals surface area contributed by atoms with Gasteiger partial charge >= 0.3 is 0 Å². The minimum absolute atomic E-state index is 0.00166. The molecule has 7 heteroatoms. The van der Waals surface area contributed by atoms with Gasteiger partial charge in [0.2, 0.25) is 9.05 Å². The van der Waals surface area contributed by atoms with Crippen LogP contribution in [0.5, 0.6) is 0 Å². The topological polar surface area (TPSA) is 59.4 Å². The van der Waals surface area contributed by atoms with Gasteiger partial charge in [-0.15, -0.1) is 0 Å². The van der Waals surface area contributed by atoms with Gasteiger partial charge in [-0.05, 0) is 67.3 Å². The maximum absolute atomic E-state index is 12.0. The highest BCUT2D eigenvalue weighted by molar-refractivity contribution is 8.13. The fraction of sp³-hybridized carbons (Fsp3) is 0.348. The summed E-state index contributed by atoms with van der Waals surface area (Å²) in [5.74, 6) is 0. The highest BCUT2D eigenvalue weighted by Gasteiger charge is 2.19. The molecule has 1 fully saturated rings. The van der Waals surface area contributed by atoms with Crippen LogP contribution in [0.4, 0.5) is 0 Å². The van der Waals surface area contributed by atoms with Crippen LogP contribution in [0, 0.1) is 0 Å². The largest absolute Gasteiger partial charge is 0.300 e. The number of likely N-dealkylation sites (tertiary alicyclic amines) is 1. The second kappa shape index (κ2) is 9.77. The van der Waals surface area contributed by atoms with Gasteiger partial charge in [0.25, 0.3) is 5.56 Å². The van der Waals surface area contributed by atoms with Crippen molar-refractivity contribution in [1.82, 2.24) is 9.47 Å². The summed E-state index contributed by atoms with van der Waals surface area (Å²) < 4.78 is 20.5. The van der Waals surface area contributed by atoms with E-state index in [1.54, 1.807) is 16.7 Å². The summed E-state index contributed by atoms with van der Waals surface area (Å²) in [6, 6.07) is 18.9. The van der Waals surface area contributed by atoms with Crippen LogP contribution in [-0.4, -0.2) is 43.3 Å². The van der Waals surface area contributed by atoms with Gasteiger partial charge in [0, 0.05) is 41.2 Å². The van der Waals surface area contributed by atoms with Gasteiger partial charge in [0.15, 0.2) is 0 Å². The first-order valence-corrected chi connectivity index (χ1v) is 12.8. The van der Waals surface area contributed by atoms with Crippen LogP contribution >= 0.6 is 10.7 Å². The Morgan fingerprint density at radius 1 is 1.07 bits per heavy atom. The van der Waals surface area contributed by atoms with Crippen LogP contribution in [0.25, 0.3) is 16.5 Å². The Labute approximate surface area is 182 Å². The van der Waals surface area contributed by atoms with Crippen molar-refractivity contribution < 1.29 is 8.42 Å². The van der Waals surface area contributed by atoms with E-state index in [0.717, 1.165) is 31.0 Å². The number of rotatable bonds is 4. The number of benzene rings is 2. The fourth-order valence-electron chi connectivity index (χ4n) is 3.83. The SMILES string of the molecule is CS(=O)(=O)Cl.C[C@@H]1CCCN1CCc1ccc2cc(-n3ccccc3=O)ccc2c1. The zero-order valence-corrected chi connectivity index (χ0v) is 18.9. The van der Waals surface area contributed by atoms with Crippen molar-refractivity contribution >= 4 is 30.5 Å². The first-order chi connectivity index (χ1) is 14.2. The quantitative estimate of drug-likeness (QED) is 0.563. The molecule has 0 N–H and O–H groups in total. The summed E-state index contributed by atoms with van der Waals surface area (Å²) in [4.78, 5) is 14.6. The molecule has 1 aromatic heterocycles. The van der Waals surface area contributed by atoms with Gasteiger partial charge in [0.05, 0.1) is 6.26 Å². The monoisotopic (exact) mass is 446 g/mol. The molecule has 0 unspecified atom stereocenters. The van der Waals surface area contributed by atoms with Crippen LogP contribution in [0.1, 0.15) is 25.3 Å². The second-order valence-electron chi connectivity index (χ2n) is 7.73. The predicted molar refractivity (Wildman–Crippen MR) is 124 cm³/mol. The molecule has 0 radical (unpaired) electrons. The molecule has 1 atom stereocenters. The summed E-state index contributed by atoms with van der Waals surface area (Å²) in [5.41, 5.74) is 2.30. The van der Waals surface area contributed by atoms with Crippen LogP contribution in [0.3, 0.4) is 0 Å². The molecule has 2 aromatic carbocycles. The molecule has 0 saturated carbocycles. The summed E-state index contributed by atoms with van der Waals surface area (Å²) in [6.07, 6.45) is 6.50. The molecule has 0 spiro atoms. The van der Waals surface area contributed by atoms with E-state index < -0.39 is 9.05 Å². The van der Waals surface area contributed by atoms with Crippen molar-refractivity contribution in [3.05, 3.63) is 76.7 Å². The third kappa shape index (κ3) is 6.42. The van der Waals surface area contributed by atoms with Crippen molar-refractivity contribution in [2.24, 2.45) is 0 Å². The molecule has 30 heavy (non-hydrogen) atoms. The summed E-state index contributed by atoms with van der Waals surface area (Å²) >= 11 is 0. The highest BCUT2D eigenvalue weighted by atomic mass is 35.7. The zero-order chi connectivity index (χ0) is 21.7. The number of halogens is 1.